The fourth-order valence-electron chi connectivity index (χ4n) is 1.51. The second kappa shape index (κ2) is 4.23. The molecule has 1 aromatic heterocycles. The van der Waals surface area contributed by atoms with Gasteiger partial charge < -0.3 is 0 Å². The number of benzene rings is 1. The van der Waals surface area contributed by atoms with Gasteiger partial charge in [0, 0.05) is 11.8 Å². The van der Waals surface area contributed by atoms with Crippen molar-refractivity contribution in [1.29, 1.82) is 0 Å². The summed E-state index contributed by atoms with van der Waals surface area (Å²) in [5.41, 5.74) is 2.20. The van der Waals surface area contributed by atoms with Crippen molar-refractivity contribution in [3.63, 3.8) is 0 Å². The van der Waals surface area contributed by atoms with Crippen LogP contribution in [0.4, 0.5) is 4.39 Å². The van der Waals surface area contributed by atoms with E-state index < -0.39 is 5.82 Å². The summed E-state index contributed by atoms with van der Waals surface area (Å²) in [6.45, 7) is 1.92. The Morgan fingerprint density at radius 1 is 1.25 bits per heavy atom. The van der Waals surface area contributed by atoms with E-state index in [1.165, 1.54) is 6.07 Å². The van der Waals surface area contributed by atoms with Crippen molar-refractivity contribution in [2.24, 2.45) is 0 Å². The summed E-state index contributed by atoms with van der Waals surface area (Å²) >= 11 is 0. The third-order valence-electron chi connectivity index (χ3n) is 2.36. The quantitative estimate of drug-likeness (QED) is 0.721. The monoisotopic (exact) mass is 215 g/mol. The smallest absolute Gasteiger partial charge is 0.153 e. The van der Waals surface area contributed by atoms with Crippen molar-refractivity contribution in [2.75, 3.05) is 0 Å². The van der Waals surface area contributed by atoms with Crippen molar-refractivity contribution in [2.45, 2.75) is 6.92 Å². The number of rotatable bonds is 2. The molecule has 2 rings (SSSR count). The van der Waals surface area contributed by atoms with Crippen LogP contribution in [0.3, 0.4) is 0 Å². The molecule has 0 spiro atoms. The topological polar surface area (TPSA) is 30.0 Å². The molecule has 2 aromatic rings. The zero-order chi connectivity index (χ0) is 11.5. The normalized spacial score (nSPS) is 10.1. The molecule has 0 amide bonds. The first-order chi connectivity index (χ1) is 7.72. The third kappa shape index (κ3) is 1.84. The van der Waals surface area contributed by atoms with Gasteiger partial charge in [0.05, 0.1) is 11.3 Å². The van der Waals surface area contributed by atoms with E-state index in [1.807, 2.05) is 13.0 Å². The third-order valence-corrected chi connectivity index (χ3v) is 2.36. The minimum atomic E-state index is -0.519. The van der Waals surface area contributed by atoms with Gasteiger partial charge in [-0.05, 0) is 24.6 Å². The summed E-state index contributed by atoms with van der Waals surface area (Å²) in [5.74, 6) is -0.519. The fraction of sp³-hybridized carbons (Fsp3) is 0.0769. The summed E-state index contributed by atoms with van der Waals surface area (Å²) in [6, 6.07) is 8.17. The Hall–Kier alpha value is -2.03. The molecule has 3 heteroatoms. The van der Waals surface area contributed by atoms with E-state index >= 15 is 0 Å². The molecule has 16 heavy (non-hydrogen) atoms. The Morgan fingerprint density at radius 2 is 2.06 bits per heavy atom. The van der Waals surface area contributed by atoms with Gasteiger partial charge in [-0.3, -0.25) is 9.78 Å². The molecule has 0 unspecified atom stereocenters. The number of aldehydes is 1. The van der Waals surface area contributed by atoms with Crippen LogP contribution in [0.25, 0.3) is 11.3 Å². The first-order valence-electron chi connectivity index (χ1n) is 4.89. The lowest BCUT2D eigenvalue weighted by Gasteiger charge is -2.05. The number of carbonyl (C=O) groups excluding carboxylic acids is 1. The molecule has 0 aliphatic heterocycles. The molecular weight excluding hydrogens is 205 g/mol. The molecule has 0 aliphatic carbocycles. The van der Waals surface area contributed by atoms with Crippen LogP contribution < -0.4 is 0 Å². The van der Waals surface area contributed by atoms with E-state index in [-0.39, 0.29) is 5.56 Å². The highest BCUT2D eigenvalue weighted by atomic mass is 19.1. The number of aryl methyl sites for hydroxylation is 1. The van der Waals surface area contributed by atoms with E-state index in [4.69, 9.17) is 0 Å². The number of hydrogen-bond donors (Lipinski definition) is 0. The predicted octanol–water partition coefficient (Wildman–Crippen LogP) is 3.01. The van der Waals surface area contributed by atoms with Gasteiger partial charge in [0.2, 0.25) is 0 Å². The molecule has 1 aromatic carbocycles. The standard InChI is InChI=1S/C13H10FNO/c1-9-5-6-13(15-7-9)10-3-2-4-12(14)11(10)8-16/h2-8H,1H3. The van der Waals surface area contributed by atoms with Gasteiger partial charge in [-0.2, -0.15) is 0 Å². The highest BCUT2D eigenvalue weighted by Crippen LogP contribution is 2.22. The summed E-state index contributed by atoms with van der Waals surface area (Å²) in [6.07, 6.45) is 2.21. The maximum Gasteiger partial charge on any atom is 0.153 e. The van der Waals surface area contributed by atoms with Crippen LogP contribution in [-0.2, 0) is 0 Å². The SMILES string of the molecule is Cc1ccc(-c2cccc(F)c2C=O)nc1. The van der Waals surface area contributed by atoms with Crippen LogP contribution in [0.5, 0.6) is 0 Å². The molecule has 0 bridgehead atoms. The van der Waals surface area contributed by atoms with Crippen molar-refractivity contribution < 1.29 is 9.18 Å². The van der Waals surface area contributed by atoms with Gasteiger partial charge >= 0.3 is 0 Å². The van der Waals surface area contributed by atoms with Gasteiger partial charge in [-0.15, -0.1) is 0 Å². The zero-order valence-electron chi connectivity index (χ0n) is 8.77. The second-order valence-electron chi connectivity index (χ2n) is 3.54. The lowest BCUT2D eigenvalue weighted by atomic mass is 10.0. The lowest BCUT2D eigenvalue weighted by Crippen LogP contribution is -1.94. The molecule has 0 atom stereocenters. The van der Waals surface area contributed by atoms with E-state index in [0.717, 1.165) is 5.56 Å². The van der Waals surface area contributed by atoms with Crippen LogP contribution in [0.2, 0.25) is 0 Å². The number of halogens is 1. The van der Waals surface area contributed by atoms with Crippen LogP contribution >= 0.6 is 0 Å². The van der Waals surface area contributed by atoms with E-state index in [2.05, 4.69) is 4.98 Å². The molecule has 0 saturated carbocycles. The van der Waals surface area contributed by atoms with Gasteiger partial charge in [-0.1, -0.05) is 18.2 Å². The lowest BCUT2D eigenvalue weighted by molar-refractivity contribution is 0.112. The zero-order valence-corrected chi connectivity index (χ0v) is 8.77. The van der Waals surface area contributed by atoms with Gasteiger partial charge in [0.25, 0.3) is 0 Å². The predicted molar refractivity (Wildman–Crippen MR) is 59.8 cm³/mol. The minimum Gasteiger partial charge on any atom is -0.298 e. The van der Waals surface area contributed by atoms with Crippen LogP contribution in [0.1, 0.15) is 15.9 Å². The molecular formula is C13H10FNO. The van der Waals surface area contributed by atoms with E-state index in [9.17, 15) is 9.18 Å². The molecule has 2 nitrogen and oxygen atoms in total. The summed E-state index contributed by atoms with van der Waals surface area (Å²) in [5, 5.41) is 0. The first-order valence-corrected chi connectivity index (χ1v) is 4.89. The Morgan fingerprint density at radius 3 is 2.69 bits per heavy atom. The summed E-state index contributed by atoms with van der Waals surface area (Å²) in [4.78, 5) is 15.0. The maximum absolute atomic E-state index is 13.4. The fourth-order valence-corrected chi connectivity index (χ4v) is 1.51. The molecule has 1 heterocycles. The molecule has 0 aliphatic rings. The van der Waals surface area contributed by atoms with Crippen molar-refractivity contribution in [1.82, 2.24) is 4.98 Å². The minimum absolute atomic E-state index is 0.0545. The number of pyridine rings is 1. The van der Waals surface area contributed by atoms with Crippen LogP contribution in [-0.4, -0.2) is 11.3 Å². The second-order valence-corrected chi connectivity index (χ2v) is 3.54. The number of aromatic nitrogens is 1. The average molecular weight is 215 g/mol. The van der Waals surface area contributed by atoms with Crippen LogP contribution in [0, 0.1) is 12.7 Å². The molecule has 0 saturated heterocycles. The van der Waals surface area contributed by atoms with Crippen molar-refractivity contribution >= 4 is 6.29 Å². The van der Waals surface area contributed by atoms with Crippen molar-refractivity contribution in [3.05, 3.63) is 53.5 Å². The van der Waals surface area contributed by atoms with E-state index in [1.54, 1.807) is 24.4 Å². The average Bonchev–Trinajstić information content (AvgIpc) is 2.30. The molecule has 0 N–H and O–H groups in total. The Labute approximate surface area is 92.8 Å². The molecule has 0 fully saturated rings. The summed E-state index contributed by atoms with van der Waals surface area (Å²) in [7, 11) is 0. The Balaban J connectivity index is 2.59. The number of nitrogens with zero attached hydrogens (tertiary/aromatic N) is 1. The first kappa shape index (κ1) is 10.5. The number of hydrogen-bond acceptors (Lipinski definition) is 2. The van der Waals surface area contributed by atoms with E-state index in [0.29, 0.717) is 17.5 Å². The largest absolute Gasteiger partial charge is 0.298 e. The maximum atomic E-state index is 13.4. The highest BCUT2D eigenvalue weighted by molar-refractivity contribution is 5.86. The van der Waals surface area contributed by atoms with Gasteiger partial charge in [0.1, 0.15) is 5.82 Å². The molecule has 80 valence electrons. The highest BCUT2D eigenvalue weighted by Gasteiger charge is 2.09. The van der Waals surface area contributed by atoms with Gasteiger partial charge in [-0.25, -0.2) is 4.39 Å². The Kier molecular flexibility index (Phi) is 2.77. The summed E-state index contributed by atoms with van der Waals surface area (Å²) < 4.78 is 13.4. The van der Waals surface area contributed by atoms with Gasteiger partial charge in [0.15, 0.2) is 6.29 Å². The van der Waals surface area contributed by atoms with Crippen LogP contribution in [0.15, 0.2) is 36.5 Å². The number of carbonyl (C=O) groups is 1. The van der Waals surface area contributed by atoms with Crippen molar-refractivity contribution in [3.8, 4) is 11.3 Å². The Bertz CT molecular complexity index is 520. The molecule has 0 radical (unpaired) electrons.